The fourth-order valence-corrected chi connectivity index (χ4v) is 3.97. The number of nitrogens with two attached hydrogens (primary N) is 1. The van der Waals surface area contributed by atoms with Crippen LogP contribution in [0.25, 0.3) is 11.3 Å². The van der Waals surface area contributed by atoms with Crippen LogP contribution in [0.2, 0.25) is 5.02 Å². The molecule has 4 rings (SSSR count). The standard InChI is InChI=1S/C19H20ClN5O2/c1-2-15(26)24-9-12(10-24)14-7-8-22-19-16(18(21)27)17(23-25(14)19)11-3-5-13(20)6-4-11/h2-6,12,14,22H,1,7-10H2,(H2,21,27). The van der Waals surface area contributed by atoms with Crippen molar-refractivity contribution in [3.8, 4) is 11.3 Å². The lowest BCUT2D eigenvalue weighted by Crippen LogP contribution is -2.53. The summed E-state index contributed by atoms with van der Waals surface area (Å²) in [6, 6.07) is 7.28. The number of halogens is 1. The van der Waals surface area contributed by atoms with Gasteiger partial charge < -0.3 is 16.0 Å². The highest BCUT2D eigenvalue weighted by molar-refractivity contribution is 6.30. The highest BCUT2D eigenvalue weighted by Gasteiger charge is 2.40. The summed E-state index contributed by atoms with van der Waals surface area (Å²) in [5, 5.41) is 8.61. The number of carbonyl (C=O) groups is 2. The number of aromatic nitrogens is 2. The van der Waals surface area contributed by atoms with Gasteiger partial charge in [0, 0.05) is 36.1 Å². The van der Waals surface area contributed by atoms with Gasteiger partial charge in [-0.2, -0.15) is 5.10 Å². The van der Waals surface area contributed by atoms with E-state index in [0.717, 1.165) is 18.5 Å². The van der Waals surface area contributed by atoms with Crippen LogP contribution in [-0.2, 0) is 4.79 Å². The van der Waals surface area contributed by atoms with Crippen LogP contribution in [0.15, 0.2) is 36.9 Å². The van der Waals surface area contributed by atoms with Gasteiger partial charge >= 0.3 is 0 Å². The lowest BCUT2D eigenvalue weighted by Gasteiger charge is -2.44. The molecule has 0 bridgehead atoms. The minimum atomic E-state index is -0.522. The number of carbonyl (C=O) groups excluding carboxylic acids is 2. The summed E-state index contributed by atoms with van der Waals surface area (Å²) in [5.41, 5.74) is 7.40. The Labute approximate surface area is 161 Å². The highest BCUT2D eigenvalue weighted by Crippen LogP contribution is 2.39. The number of benzene rings is 1. The van der Waals surface area contributed by atoms with Gasteiger partial charge in [-0.25, -0.2) is 4.68 Å². The number of hydrogen-bond donors (Lipinski definition) is 2. The predicted octanol–water partition coefficient (Wildman–Crippen LogP) is 2.30. The van der Waals surface area contributed by atoms with Crippen molar-refractivity contribution in [2.75, 3.05) is 25.0 Å². The molecule has 2 amide bonds. The fourth-order valence-electron chi connectivity index (χ4n) is 3.85. The molecule has 0 aliphatic carbocycles. The fraction of sp³-hybridized carbons (Fsp3) is 0.316. The number of likely N-dealkylation sites (tertiary alicyclic amines) is 1. The van der Waals surface area contributed by atoms with E-state index in [-0.39, 0.29) is 17.9 Å². The Morgan fingerprint density at radius 3 is 2.63 bits per heavy atom. The number of primary amides is 1. The minimum absolute atomic E-state index is 0.0550. The smallest absolute Gasteiger partial charge is 0.254 e. The third-order valence-corrected chi connectivity index (χ3v) is 5.51. The van der Waals surface area contributed by atoms with Crippen molar-refractivity contribution in [2.24, 2.45) is 11.7 Å². The van der Waals surface area contributed by atoms with Crippen LogP contribution in [0.5, 0.6) is 0 Å². The van der Waals surface area contributed by atoms with Gasteiger partial charge in [0.1, 0.15) is 17.1 Å². The Morgan fingerprint density at radius 2 is 2.00 bits per heavy atom. The van der Waals surface area contributed by atoms with Crippen molar-refractivity contribution in [1.82, 2.24) is 14.7 Å². The highest BCUT2D eigenvalue weighted by atomic mass is 35.5. The largest absolute Gasteiger partial charge is 0.370 e. The Kier molecular flexibility index (Phi) is 4.39. The maximum Gasteiger partial charge on any atom is 0.254 e. The van der Waals surface area contributed by atoms with E-state index >= 15 is 0 Å². The number of hydrogen-bond acceptors (Lipinski definition) is 4. The quantitative estimate of drug-likeness (QED) is 0.790. The molecule has 7 nitrogen and oxygen atoms in total. The molecule has 1 atom stereocenters. The van der Waals surface area contributed by atoms with Crippen molar-refractivity contribution in [3.05, 3.63) is 47.5 Å². The topological polar surface area (TPSA) is 93.2 Å². The van der Waals surface area contributed by atoms with Crippen LogP contribution < -0.4 is 11.1 Å². The van der Waals surface area contributed by atoms with Gasteiger partial charge in [-0.05, 0) is 24.6 Å². The second-order valence-corrected chi connectivity index (χ2v) is 7.31. The van der Waals surface area contributed by atoms with E-state index in [2.05, 4.69) is 11.9 Å². The first-order chi connectivity index (χ1) is 13.0. The number of nitrogens with zero attached hydrogens (tertiary/aromatic N) is 3. The Morgan fingerprint density at radius 1 is 1.30 bits per heavy atom. The molecular formula is C19H20ClN5O2. The van der Waals surface area contributed by atoms with Crippen molar-refractivity contribution < 1.29 is 9.59 Å². The molecule has 1 saturated heterocycles. The van der Waals surface area contributed by atoms with E-state index < -0.39 is 5.91 Å². The lowest BCUT2D eigenvalue weighted by atomic mass is 9.88. The van der Waals surface area contributed by atoms with Gasteiger partial charge in [0.05, 0.1) is 6.04 Å². The molecule has 1 fully saturated rings. The monoisotopic (exact) mass is 385 g/mol. The number of nitrogens with one attached hydrogen (secondary N) is 1. The minimum Gasteiger partial charge on any atom is -0.370 e. The molecule has 27 heavy (non-hydrogen) atoms. The summed E-state index contributed by atoms with van der Waals surface area (Å²) < 4.78 is 1.87. The Hall–Kier alpha value is -2.80. The molecule has 3 heterocycles. The van der Waals surface area contributed by atoms with Crippen molar-refractivity contribution >= 4 is 29.2 Å². The van der Waals surface area contributed by atoms with Crippen LogP contribution >= 0.6 is 11.6 Å². The summed E-state index contributed by atoms with van der Waals surface area (Å²) in [7, 11) is 0. The van der Waals surface area contributed by atoms with E-state index in [1.54, 1.807) is 17.0 Å². The van der Waals surface area contributed by atoms with Gasteiger partial charge in [0.15, 0.2) is 0 Å². The maximum atomic E-state index is 12.2. The van der Waals surface area contributed by atoms with E-state index in [1.165, 1.54) is 6.08 Å². The SMILES string of the molecule is C=CC(=O)N1CC(C2CCNc3c(C(N)=O)c(-c4ccc(Cl)cc4)nn32)C1. The molecule has 2 aliphatic rings. The second-order valence-electron chi connectivity index (χ2n) is 6.88. The second kappa shape index (κ2) is 6.74. The van der Waals surface area contributed by atoms with Crippen LogP contribution in [0.3, 0.4) is 0 Å². The number of rotatable bonds is 4. The zero-order valence-electron chi connectivity index (χ0n) is 14.7. The molecule has 140 valence electrons. The zero-order chi connectivity index (χ0) is 19.1. The normalized spacial score (nSPS) is 19.0. The molecule has 1 aromatic heterocycles. The average molecular weight is 386 g/mol. The molecule has 0 saturated carbocycles. The summed E-state index contributed by atoms with van der Waals surface area (Å²) in [5.74, 6) is 0.359. The molecule has 0 spiro atoms. The summed E-state index contributed by atoms with van der Waals surface area (Å²) in [6.45, 7) is 5.58. The molecule has 2 aliphatic heterocycles. The van der Waals surface area contributed by atoms with Gasteiger partial charge in [-0.15, -0.1) is 0 Å². The molecule has 1 aromatic carbocycles. The molecule has 0 radical (unpaired) electrons. The van der Waals surface area contributed by atoms with Gasteiger partial charge in [-0.3, -0.25) is 9.59 Å². The first kappa shape index (κ1) is 17.6. The van der Waals surface area contributed by atoms with E-state index in [9.17, 15) is 9.59 Å². The molecule has 3 N–H and O–H groups in total. The first-order valence-corrected chi connectivity index (χ1v) is 9.21. The Balaban J connectivity index is 1.70. The molecule has 2 aromatic rings. The molecule has 8 heteroatoms. The summed E-state index contributed by atoms with van der Waals surface area (Å²) in [6.07, 6.45) is 2.20. The van der Waals surface area contributed by atoms with Crippen molar-refractivity contribution in [2.45, 2.75) is 12.5 Å². The van der Waals surface area contributed by atoms with Crippen LogP contribution in [-0.4, -0.2) is 46.1 Å². The third-order valence-electron chi connectivity index (χ3n) is 5.26. The zero-order valence-corrected chi connectivity index (χ0v) is 15.4. The lowest BCUT2D eigenvalue weighted by molar-refractivity contribution is -0.133. The van der Waals surface area contributed by atoms with Gasteiger partial charge in [0.25, 0.3) is 5.91 Å². The van der Waals surface area contributed by atoms with E-state index in [1.807, 2.05) is 16.8 Å². The summed E-state index contributed by atoms with van der Waals surface area (Å²) in [4.78, 5) is 25.7. The Bertz CT molecular complexity index is 915. The number of amides is 2. The first-order valence-electron chi connectivity index (χ1n) is 8.83. The summed E-state index contributed by atoms with van der Waals surface area (Å²) >= 11 is 5.98. The van der Waals surface area contributed by atoms with Crippen LogP contribution in [0.4, 0.5) is 5.82 Å². The van der Waals surface area contributed by atoms with Gasteiger partial charge in [0.2, 0.25) is 5.91 Å². The van der Waals surface area contributed by atoms with E-state index in [0.29, 0.717) is 35.2 Å². The number of anilines is 1. The predicted molar refractivity (Wildman–Crippen MR) is 104 cm³/mol. The van der Waals surface area contributed by atoms with Crippen molar-refractivity contribution in [3.63, 3.8) is 0 Å². The van der Waals surface area contributed by atoms with Crippen molar-refractivity contribution in [1.29, 1.82) is 0 Å². The molecular weight excluding hydrogens is 366 g/mol. The van der Waals surface area contributed by atoms with Gasteiger partial charge in [-0.1, -0.05) is 30.3 Å². The van der Waals surface area contributed by atoms with E-state index in [4.69, 9.17) is 22.4 Å². The average Bonchev–Trinajstić information content (AvgIpc) is 3.01. The third kappa shape index (κ3) is 2.98. The van der Waals surface area contributed by atoms with Crippen LogP contribution in [0, 0.1) is 5.92 Å². The maximum absolute atomic E-state index is 12.2. The molecule has 1 unspecified atom stereocenters. The number of fused-ring (bicyclic) bond motifs is 1. The van der Waals surface area contributed by atoms with Crippen LogP contribution in [0.1, 0.15) is 22.8 Å².